The van der Waals surface area contributed by atoms with E-state index in [2.05, 4.69) is 36.9 Å². The van der Waals surface area contributed by atoms with Crippen LogP contribution >= 0.6 is 39.0 Å². The third-order valence-corrected chi connectivity index (χ3v) is 8.90. The van der Waals surface area contributed by atoms with Crippen molar-refractivity contribution < 1.29 is 14.4 Å². The third-order valence-electron chi connectivity index (χ3n) is 6.25. The van der Waals surface area contributed by atoms with E-state index in [4.69, 9.17) is 0 Å². The zero-order valence-corrected chi connectivity index (χ0v) is 26.7. The van der Waals surface area contributed by atoms with Gasteiger partial charge < -0.3 is 16.0 Å². The minimum atomic E-state index is -0.565. The number of hydrogen-bond acceptors (Lipinski definition) is 6. The first-order chi connectivity index (χ1) is 21.3. The van der Waals surface area contributed by atoms with Crippen LogP contribution in [0.4, 0.5) is 10.8 Å². The van der Waals surface area contributed by atoms with Gasteiger partial charge >= 0.3 is 0 Å². The van der Waals surface area contributed by atoms with E-state index in [0.717, 1.165) is 26.2 Å². The highest BCUT2D eigenvalue weighted by Gasteiger charge is 2.23. The molecule has 5 rings (SSSR count). The summed E-state index contributed by atoms with van der Waals surface area (Å²) < 4.78 is 0.896. The summed E-state index contributed by atoms with van der Waals surface area (Å²) in [5.74, 6) is -1.09. The molecule has 0 fully saturated rings. The summed E-state index contributed by atoms with van der Waals surface area (Å²) >= 11 is 6.16. The lowest BCUT2D eigenvalue weighted by Crippen LogP contribution is -2.30. The Balaban J connectivity index is 1.37. The van der Waals surface area contributed by atoms with E-state index in [1.807, 2.05) is 85.1 Å². The number of thioether (sulfide) groups is 1. The molecule has 10 heteroatoms. The summed E-state index contributed by atoms with van der Waals surface area (Å²) in [5, 5.41) is 10.4. The van der Waals surface area contributed by atoms with E-state index in [-0.39, 0.29) is 11.6 Å². The van der Waals surface area contributed by atoms with Crippen LogP contribution in [0, 0.1) is 6.92 Å². The van der Waals surface area contributed by atoms with Crippen molar-refractivity contribution in [1.29, 1.82) is 0 Å². The van der Waals surface area contributed by atoms with Crippen molar-refractivity contribution >= 4 is 73.6 Å². The van der Waals surface area contributed by atoms with Gasteiger partial charge in [0.15, 0.2) is 5.13 Å². The standard InChI is InChI=1S/C34H27BrN4O3S2/c1-22-21-43-34(36-22)39-33(42)30(24-9-4-2-5-10-24)44-28-14-8-13-27(20-28)37-32(41)29(19-23-15-17-26(35)18-16-23)38-31(40)25-11-6-3-7-12-25/h2-21,30H,1H3,(H,37,41)(H,38,40)(H,36,39,42)/b29-19-. The zero-order chi connectivity index (χ0) is 30.9. The van der Waals surface area contributed by atoms with Crippen LogP contribution < -0.4 is 16.0 Å². The van der Waals surface area contributed by atoms with E-state index in [1.54, 1.807) is 42.5 Å². The number of aryl methyl sites for hydroxylation is 1. The first-order valence-corrected chi connectivity index (χ1v) is 16.1. The van der Waals surface area contributed by atoms with Gasteiger partial charge in [-0.05, 0) is 66.6 Å². The lowest BCUT2D eigenvalue weighted by Gasteiger charge is -2.17. The van der Waals surface area contributed by atoms with Crippen molar-refractivity contribution in [3.63, 3.8) is 0 Å². The number of nitrogens with zero attached hydrogens (tertiary/aromatic N) is 1. The second-order valence-corrected chi connectivity index (χ2v) is 12.6. The maximum Gasteiger partial charge on any atom is 0.272 e. The first kappa shape index (κ1) is 30.9. The number of halogens is 1. The van der Waals surface area contributed by atoms with Gasteiger partial charge in [-0.3, -0.25) is 14.4 Å². The predicted octanol–water partition coefficient (Wildman–Crippen LogP) is 8.10. The van der Waals surface area contributed by atoms with Crippen molar-refractivity contribution in [2.45, 2.75) is 17.1 Å². The SMILES string of the molecule is Cc1csc(NC(=O)C(Sc2cccc(NC(=O)/C(=C/c3ccc(Br)cc3)NC(=O)c3ccccc3)c2)c2ccccc2)n1. The fourth-order valence-electron chi connectivity index (χ4n) is 4.13. The number of nitrogens with one attached hydrogen (secondary N) is 3. The molecule has 1 heterocycles. The topological polar surface area (TPSA) is 100 Å². The van der Waals surface area contributed by atoms with E-state index in [0.29, 0.717) is 16.4 Å². The number of carbonyl (C=O) groups is 3. The molecule has 0 aliphatic heterocycles. The Hall–Kier alpha value is -4.51. The summed E-state index contributed by atoms with van der Waals surface area (Å²) in [6.07, 6.45) is 1.62. The van der Waals surface area contributed by atoms with Crippen LogP contribution in [0.25, 0.3) is 6.08 Å². The molecule has 0 bridgehead atoms. The molecule has 0 aliphatic rings. The Morgan fingerprint density at radius 2 is 1.57 bits per heavy atom. The molecular formula is C34H27BrN4O3S2. The molecule has 0 aliphatic carbocycles. The van der Waals surface area contributed by atoms with Crippen molar-refractivity contribution in [2.75, 3.05) is 10.6 Å². The molecule has 1 unspecified atom stereocenters. The normalized spacial score (nSPS) is 11.8. The molecule has 44 heavy (non-hydrogen) atoms. The lowest BCUT2D eigenvalue weighted by molar-refractivity contribution is -0.116. The van der Waals surface area contributed by atoms with Gasteiger partial charge in [0.05, 0.1) is 5.69 Å². The number of thiazole rings is 1. The van der Waals surface area contributed by atoms with Gasteiger partial charge in [0.25, 0.3) is 11.8 Å². The van der Waals surface area contributed by atoms with Crippen molar-refractivity contribution in [3.05, 3.63) is 147 Å². The van der Waals surface area contributed by atoms with Crippen LogP contribution in [0.1, 0.15) is 32.4 Å². The van der Waals surface area contributed by atoms with Gasteiger partial charge in [0, 0.05) is 26.0 Å². The Morgan fingerprint density at radius 3 is 2.25 bits per heavy atom. The van der Waals surface area contributed by atoms with Gasteiger partial charge in [0.1, 0.15) is 10.9 Å². The number of rotatable bonds is 10. The monoisotopic (exact) mass is 682 g/mol. The Morgan fingerprint density at radius 1 is 0.864 bits per heavy atom. The second kappa shape index (κ2) is 14.8. The summed E-state index contributed by atoms with van der Waals surface area (Å²) in [6, 6.07) is 32.8. The number of aromatic nitrogens is 1. The smallest absolute Gasteiger partial charge is 0.272 e. The Kier molecular flexibility index (Phi) is 10.4. The van der Waals surface area contributed by atoms with Crippen LogP contribution in [0.3, 0.4) is 0 Å². The number of anilines is 2. The highest BCUT2D eigenvalue weighted by atomic mass is 79.9. The maximum atomic E-state index is 13.5. The van der Waals surface area contributed by atoms with Gasteiger partial charge in [-0.15, -0.1) is 23.1 Å². The molecule has 220 valence electrons. The zero-order valence-electron chi connectivity index (χ0n) is 23.5. The maximum absolute atomic E-state index is 13.5. The number of amides is 3. The molecule has 0 saturated heterocycles. The molecule has 1 atom stereocenters. The van der Waals surface area contributed by atoms with Gasteiger partial charge in [0.2, 0.25) is 5.91 Å². The van der Waals surface area contributed by atoms with Crippen LogP contribution in [-0.4, -0.2) is 22.7 Å². The van der Waals surface area contributed by atoms with Crippen molar-refractivity contribution in [3.8, 4) is 0 Å². The van der Waals surface area contributed by atoms with Crippen molar-refractivity contribution in [1.82, 2.24) is 10.3 Å². The summed E-state index contributed by atoms with van der Waals surface area (Å²) in [5.41, 5.74) is 3.44. The minimum absolute atomic E-state index is 0.0829. The van der Waals surface area contributed by atoms with Crippen molar-refractivity contribution in [2.24, 2.45) is 0 Å². The largest absolute Gasteiger partial charge is 0.321 e. The molecule has 7 nitrogen and oxygen atoms in total. The van der Waals surface area contributed by atoms with Gasteiger partial charge in [-0.25, -0.2) is 4.98 Å². The fourth-order valence-corrected chi connectivity index (χ4v) is 6.17. The molecule has 0 radical (unpaired) electrons. The van der Waals surface area contributed by atoms with E-state index in [9.17, 15) is 14.4 Å². The average Bonchev–Trinajstić information content (AvgIpc) is 3.45. The molecule has 3 amide bonds. The highest BCUT2D eigenvalue weighted by Crippen LogP contribution is 2.37. The molecule has 4 aromatic carbocycles. The van der Waals surface area contributed by atoms with Crippen LogP contribution in [-0.2, 0) is 9.59 Å². The van der Waals surface area contributed by atoms with E-state index in [1.165, 1.54) is 23.1 Å². The molecule has 5 aromatic rings. The van der Waals surface area contributed by atoms with Gasteiger partial charge in [-0.2, -0.15) is 0 Å². The molecular weight excluding hydrogens is 656 g/mol. The van der Waals surface area contributed by atoms with E-state index >= 15 is 0 Å². The highest BCUT2D eigenvalue weighted by molar-refractivity contribution is 9.10. The Labute approximate surface area is 272 Å². The number of benzene rings is 4. The predicted molar refractivity (Wildman–Crippen MR) is 182 cm³/mol. The lowest BCUT2D eigenvalue weighted by atomic mass is 10.1. The summed E-state index contributed by atoms with van der Waals surface area (Å²) in [4.78, 5) is 45.1. The molecule has 3 N–H and O–H groups in total. The summed E-state index contributed by atoms with van der Waals surface area (Å²) in [7, 11) is 0. The average molecular weight is 684 g/mol. The number of carbonyl (C=O) groups excluding carboxylic acids is 3. The fraction of sp³-hybridized carbons (Fsp3) is 0.0588. The third kappa shape index (κ3) is 8.53. The second-order valence-electron chi connectivity index (χ2n) is 9.60. The molecule has 0 saturated carbocycles. The van der Waals surface area contributed by atoms with E-state index < -0.39 is 17.1 Å². The van der Waals surface area contributed by atoms with Crippen LogP contribution in [0.15, 0.2) is 130 Å². The Bertz CT molecular complexity index is 1790. The quantitative estimate of drug-likeness (QED) is 0.102. The minimum Gasteiger partial charge on any atom is -0.321 e. The summed E-state index contributed by atoms with van der Waals surface area (Å²) in [6.45, 7) is 1.88. The van der Waals surface area contributed by atoms with Crippen LogP contribution in [0.5, 0.6) is 0 Å². The number of hydrogen-bond donors (Lipinski definition) is 3. The first-order valence-electron chi connectivity index (χ1n) is 13.5. The molecule has 0 spiro atoms. The molecule has 1 aromatic heterocycles. The van der Waals surface area contributed by atoms with Crippen LogP contribution in [0.2, 0.25) is 0 Å². The van der Waals surface area contributed by atoms with Gasteiger partial charge in [-0.1, -0.05) is 82.7 Å².